The van der Waals surface area contributed by atoms with E-state index in [0.717, 1.165) is 93.7 Å². The van der Waals surface area contributed by atoms with E-state index in [1.165, 1.54) is 4.57 Å². The lowest BCUT2D eigenvalue weighted by molar-refractivity contribution is 0.0230. The van der Waals surface area contributed by atoms with E-state index in [2.05, 4.69) is 69.9 Å². The average Bonchev–Trinajstić information content (AvgIpc) is 1.66. The molecule has 107 heavy (non-hydrogen) atoms. The number of nitrogens with one attached hydrogen (secondary N) is 2. The number of fused-ring (bicyclic) bond motifs is 3. The van der Waals surface area contributed by atoms with Crippen LogP contribution >= 0.6 is 0 Å². The Morgan fingerprint density at radius 3 is 1.20 bits per heavy atom. The lowest BCUT2D eigenvalue weighted by Gasteiger charge is -2.36. The van der Waals surface area contributed by atoms with Gasteiger partial charge < -0.3 is 57.6 Å². The van der Waals surface area contributed by atoms with Crippen LogP contribution in [0.3, 0.4) is 0 Å². The molecule has 560 valence electrons. The van der Waals surface area contributed by atoms with E-state index < -0.39 is 28.5 Å². The molecule has 29 heteroatoms. The molecule has 3 aromatic carbocycles. The third kappa shape index (κ3) is 20.1. The highest BCUT2D eigenvalue weighted by Gasteiger charge is 2.29. The highest BCUT2D eigenvalue weighted by Crippen LogP contribution is 2.26. The number of aliphatic hydroxyl groups excluding tert-OH is 1. The number of rotatable bonds is 11. The van der Waals surface area contributed by atoms with Crippen LogP contribution in [0.25, 0.3) is 67.9 Å². The first-order valence-electron chi connectivity index (χ1n) is 34.6. The first kappa shape index (κ1) is 77.6. The molecule has 3 aliphatic rings. The predicted octanol–water partition coefficient (Wildman–Crippen LogP) is 10.9. The molecule has 0 bridgehead atoms. The Kier molecular flexibility index (Phi) is 24.9. The van der Waals surface area contributed by atoms with Gasteiger partial charge in [-0.05, 0) is 134 Å². The summed E-state index contributed by atoms with van der Waals surface area (Å²) in [4.78, 5) is 113. The topological polar surface area (TPSA) is 333 Å². The summed E-state index contributed by atoms with van der Waals surface area (Å²) in [7, 11) is 0. The van der Waals surface area contributed by atoms with Crippen molar-refractivity contribution in [3.63, 3.8) is 0 Å². The SMILES string of the molecule is C.C.CC(C)(C)OC(=O)N1CCN(c2cnc(-c3cccc(CO)c3)nc2)CC1.Cc1ccc2oc(=O)[nH]c2n1.Cc1ccc2oc(=O)n(Cc3cccc(-c4ncc(N5CCN(C(=O)OC(C)(C)C)CC5)cn4)c3)c2n1.Cc1ccc2oc(=O)n(Cc3cccc(-c4ncc(N5CCNCC5)cn4)c3)c2n1. The van der Waals surface area contributed by atoms with Crippen molar-refractivity contribution >= 4 is 62.9 Å². The largest absolute Gasteiger partial charge is 0.444 e. The highest BCUT2D eigenvalue weighted by atomic mass is 16.6. The Bertz CT molecular complexity index is 5170. The number of piperazine rings is 3. The van der Waals surface area contributed by atoms with Crippen molar-refractivity contribution in [3.8, 4) is 34.2 Å². The molecule has 3 fully saturated rings. The monoisotopic (exact) mass is 1460 g/mol. The molecule has 0 radical (unpaired) electrons. The maximum Gasteiger partial charge on any atom is 0.421 e. The Labute approximate surface area is 619 Å². The molecule has 3 saturated heterocycles. The molecule has 0 spiro atoms. The van der Waals surface area contributed by atoms with Crippen LogP contribution in [0.4, 0.5) is 26.7 Å². The van der Waals surface area contributed by atoms with Crippen LogP contribution in [0.5, 0.6) is 0 Å². The summed E-state index contributed by atoms with van der Waals surface area (Å²) in [5.74, 6) is 0.570. The summed E-state index contributed by atoms with van der Waals surface area (Å²) < 4.78 is 29.4. The third-order valence-corrected chi connectivity index (χ3v) is 17.1. The number of H-pyrrole nitrogens is 1. The second-order valence-corrected chi connectivity index (χ2v) is 27.5. The molecule has 0 aliphatic carbocycles. The van der Waals surface area contributed by atoms with Gasteiger partial charge in [0, 0.05) is 112 Å². The molecular weight excluding hydrogens is 1360 g/mol. The number of carbonyl (C=O) groups is 2. The van der Waals surface area contributed by atoms with E-state index in [1.807, 2.05) is 160 Å². The second kappa shape index (κ2) is 34.3. The van der Waals surface area contributed by atoms with Crippen molar-refractivity contribution in [2.75, 3.05) is 93.2 Å². The molecular formula is C78H92N18O11. The molecule has 0 saturated carbocycles. The van der Waals surface area contributed by atoms with Gasteiger partial charge in [0.15, 0.2) is 51.2 Å². The highest BCUT2D eigenvalue weighted by molar-refractivity contribution is 5.72. The van der Waals surface area contributed by atoms with Crippen molar-refractivity contribution in [3.05, 3.63) is 212 Å². The molecule has 0 unspecified atom stereocenters. The average molecular weight is 1460 g/mol. The van der Waals surface area contributed by atoms with E-state index in [9.17, 15) is 29.1 Å². The lowest BCUT2D eigenvalue weighted by atomic mass is 10.1. The smallest absolute Gasteiger partial charge is 0.421 e. The van der Waals surface area contributed by atoms with Gasteiger partial charge in [-0.2, -0.15) is 0 Å². The van der Waals surface area contributed by atoms with Gasteiger partial charge in [-0.1, -0.05) is 69.5 Å². The van der Waals surface area contributed by atoms with Crippen LogP contribution in [0.2, 0.25) is 0 Å². The number of anilines is 3. The van der Waals surface area contributed by atoms with Gasteiger partial charge in [-0.15, -0.1) is 0 Å². The second-order valence-electron chi connectivity index (χ2n) is 27.5. The number of hydrogen-bond donors (Lipinski definition) is 3. The fourth-order valence-corrected chi connectivity index (χ4v) is 11.9. The number of aromatic amines is 1. The number of ether oxygens (including phenoxy) is 2. The molecule has 12 aromatic rings. The maximum atomic E-state index is 12.4. The Balaban J connectivity index is 0.000000160. The van der Waals surface area contributed by atoms with Crippen LogP contribution in [0.15, 0.2) is 174 Å². The molecule has 15 rings (SSSR count). The van der Waals surface area contributed by atoms with Crippen LogP contribution in [-0.2, 0) is 29.2 Å². The lowest BCUT2D eigenvalue weighted by Crippen LogP contribution is -2.50. The van der Waals surface area contributed by atoms with Crippen LogP contribution in [-0.4, -0.2) is 176 Å². The summed E-state index contributed by atoms with van der Waals surface area (Å²) in [6.45, 7) is 26.5. The molecule has 29 nitrogen and oxygen atoms in total. The first-order valence-corrected chi connectivity index (χ1v) is 34.6. The zero-order valence-corrected chi connectivity index (χ0v) is 60.1. The van der Waals surface area contributed by atoms with Crippen molar-refractivity contribution in [1.82, 2.24) is 74.1 Å². The van der Waals surface area contributed by atoms with E-state index >= 15 is 0 Å². The Morgan fingerprint density at radius 2 is 0.813 bits per heavy atom. The molecule has 9 aromatic heterocycles. The number of carbonyl (C=O) groups excluding carboxylic acids is 2. The van der Waals surface area contributed by atoms with Gasteiger partial charge in [0.05, 0.1) is 73.9 Å². The number of benzene rings is 3. The Hall–Kier alpha value is -12.0. The van der Waals surface area contributed by atoms with Gasteiger partial charge in [-0.25, -0.2) is 68.8 Å². The van der Waals surface area contributed by atoms with E-state index in [-0.39, 0.29) is 33.6 Å². The first-order chi connectivity index (χ1) is 50.4. The van der Waals surface area contributed by atoms with Crippen molar-refractivity contribution in [2.24, 2.45) is 0 Å². The van der Waals surface area contributed by atoms with E-state index in [1.54, 1.807) is 63.4 Å². The van der Waals surface area contributed by atoms with Crippen molar-refractivity contribution < 1.29 is 37.4 Å². The van der Waals surface area contributed by atoms with Crippen LogP contribution < -0.4 is 37.3 Å². The van der Waals surface area contributed by atoms with Gasteiger partial charge >= 0.3 is 29.5 Å². The summed E-state index contributed by atoms with van der Waals surface area (Å²) in [6.07, 6.45) is 10.4. The molecule has 12 heterocycles. The third-order valence-electron chi connectivity index (χ3n) is 17.1. The van der Waals surface area contributed by atoms with Crippen LogP contribution in [0, 0.1) is 20.8 Å². The van der Waals surface area contributed by atoms with Gasteiger partial charge in [0.25, 0.3) is 0 Å². The zero-order chi connectivity index (χ0) is 73.9. The van der Waals surface area contributed by atoms with Crippen molar-refractivity contribution in [1.29, 1.82) is 0 Å². The normalized spacial score (nSPS) is 13.8. The maximum absolute atomic E-state index is 12.4. The summed E-state index contributed by atoms with van der Waals surface area (Å²) in [6, 6.07) is 33.9. The fourth-order valence-electron chi connectivity index (χ4n) is 11.9. The number of oxazole rings is 3. The number of aromatic nitrogens is 12. The van der Waals surface area contributed by atoms with Crippen molar-refractivity contribution in [2.45, 2.75) is 108 Å². The number of aliphatic hydroxyl groups is 1. The van der Waals surface area contributed by atoms with E-state index in [4.69, 9.17) is 22.7 Å². The number of pyridine rings is 3. The van der Waals surface area contributed by atoms with Gasteiger partial charge in [-0.3, -0.25) is 14.1 Å². The minimum absolute atomic E-state index is 0. The number of amides is 2. The summed E-state index contributed by atoms with van der Waals surface area (Å²) >= 11 is 0. The van der Waals surface area contributed by atoms with Crippen LogP contribution in [0.1, 0.15) is 90.2 Å². The summed E-state index contributed by atoms with van der Waals surface area (Å²) in [5.41, 5.74) is 12.8. The molecule has 3 aliphatic heterocycles. The van der Waals surface area contributed by atoms with Gasteiger partial charge in [0.2, 0.25) is 0 Å². The predicted molar refractivity (Wildman–Crippen MR) is 410 cm³/mol. The molecule has 3 N–H and O–H groups in total. The minimum Gasteiger partial charge on any atom is -0.444 e. The van der Waals surface area contributed by atoms with Gasteiger partial charge in [0.1, 0.15) is 11.2 Å². The molecule has 2 amide bonds. The number of nitrogens with zero attached hydrogens (tertiary/aromatic N) is 16. The minimum atomic E-state index is -0.507. The summed E-state index contributed by atoms with van der Waals surface area (Å²) in [5, 5.41) is 12.6. The number of aryl methyl sites for hydroxylation is 3. The Morgan fingerprint density at radius 1 is 0.458 bits per heavy atom. The quantitative estimate of drug-likeness (QED) is 0.108. The molecule has 0 atom stereocenters. The zero-order valence-electron chi connectivity index (χ0n) is 60.1. The standard InChI is InChI=1S/C27H30N6O4.C22H22N6O2.C20H26N4O3.C7H6N2O2.2CH4/c1-18-8-9-22-24(30-18)33(26(35)36-22)17-19-6-5-7-20(14-19)23-28-15-21(16-29-23)31-10-12-32(13-11-31)25(34)37-27(2,3)4;1-15-5-6-19-21(26-15)28(22(29)30-19)14-16-3-2-4-17(11-16)20-24-12-18(13-25-20)27-9-7-23-8-10-27;1-20(2,3)27-19(26)24-9-7-23(8-10-24)17-12-21-18(22-13-17)16-6-4-5-15(11-16)14-25;1-4-2-3-5-6(8-4)9-7(10)11-5;;/h5-9,14-16H,10-13,17H2,1-4H3;2-6,11-13,23H,7-10,14H2,1H3;4-6,11-13,25H,7-10,14H2,1-3H3;2-3H,1H3,(H,8,9,10);2*1H4. The number of hydrogen-bond acceptors (Lipinski definition) is 24. The van der Waals surface area contributed by atoms with E-state index in [0.29, 0.717) is 117 Å². The fraction of sp³-hybridized carbons (Fsp3) is 0.359.